The number of hydrogen-bond acceptors (Lipinski definition) is 6. The second kappa shape index (κ2) is 7.87. The zero-order chi connectivity index (χ0) is 24.0. The van der Waals surface area contributed by atoms with Crippen LogP contribution in [0.2, 0.25) is 0 Å². The van der Waals surface area contributed by atoms with Crippen LogP contribution in [0.1, 0.15) is 0 Å². The summed E-state index contributed by atoms with van der Waals surface area (Å²) in [6, 6.07) is 13.1. The number of hydrogen-bond donors (Lipinski definition) is 1. The van der Waals surface area contributed by atoms with E-state index in [1.807, 2.05) is 18.3 Å². The second-order valence-corrected chi connectivity index (χ2v) is 7.68. The van der Waals surface area contributed by atoms with E-state index in [-0.39, 0.29) is 17.3 Å². The zero-order valence-corrected chi connectivity index (χ0v) is 17.7. The molecule has 34 heavy (non-hydrogen) atoms. The smallest absolute Gasteiger partial charge is 0.422 e. The molecular formula is C23H17F3N6O2. The fourth-order valence-corrected chi connectivity index (χ4v) is 3.70. The van der Waals surface area contributed by atoms with Crippen molar-refractivity contribution in [2.75, 3.05) is 12.3 Å². The number of nitrogen functional groups attached to an aromatic ring is 1. The molecule has 0 unspecified atom stereocenters. The number of ether oxygens (including phenoxy) is 1. The topological polar surface area (TPSA) is 101 Å². The van der Waals surface area contributed by atoms with Gasteiger partial charge in [0.15, 0.2) is 12.3 Å². The van der Waals surface area contributed by atoms with Crippen LogP contribution in [0.4, 0.5) is 19.0 Å². The molecule has 0 atom stereocenters. The minimum absolute atomic E-state index is 0.127. The lowest BCUT2D eigenvalue weighted by molar-refractivity contribution is -0.154. The molecule has 8 nitrogen and oxygen atoms in total. The largest absolute Gasteiger partial charge is 0.468 e. The van der Waals surface area contributed by atoms with Crippen molar-refractivity contribution in [3.63, 3.8) is 0 Å². The van der Waals surface area contributed by atoms with Gasteiger partial charge >= 0.3 is 6.18 Å². The second-order valence-electron chi connectivity index (χ2n) is 7.68. The third kappa shape index (κ3) is 4.03. The Morgan fingerprint density at radius 3 is 2.62 bits per heavy atom. The van der Waals surface area contributed by atoms with Crippen LogP contribution in [0.15, 0.2) is 65.7 Å². The average molecular weight is 466 g/mol. The van der Waals surface area contributed by atoms with Crippen LogP contribution >= 0.6 is 0 Å². The number of halogens is 3. The third-order valence-corrected chi connectivity index (χ3v) is 5.17. The SMILES string of the molecule is Cn1cc2cc(-c3cc4ccc(OCC(F)(F)F)nc4n(-c4ccc(N)nc4)c3=O)ccc2n1. The van der Waals surface area contributed by atoms with Crippen LogP contribution in [-0.4, -0.2) is 37.1 Å². The van der Waals surface area contributed by atoms with E-state index >= 15 is 0 Å². The van der Waals surface area contributed by atoms with Crippen LogP contribution in [0.25, 0.3) is 38.8 Å². The van der Waals surface area contributed by atoms with Crippen molar-refractivity contribution >= 4 is 27.8 Å². The highest BCUT2D eigenvalue weighted by atomic mass is 19.4. The van der Waals surface area contributed by atoms with Crippen LogP contribution in [0.3, 0.4) is 0 Å². The Labute approximate surface area is 190 Å². The van der Waals surface area contributed by atoms with Crippen LogP contribution in [-0.2, 0) is 7.05 Å². The summed E-state index contributed by atoms with van der Waals surface area (Å²) in [7, 11) is 1.81. The van der Waals surface area contributed by atoms with Gasteiger partial charge in [0.25, 0.3) is 5.56 Å². The van der Waals surface area contributed by atoms with Gasteiger partial charge in [-0.25, -0.2) is 4.98 Å². The predicted molar refractivity (Wildman–Crippen MR) is 121 cm³/mol. The van der Waals surface area contributed by atoms with E-state index < -0.39 is 18.3 Å². The molecule has 5 aromatic rings. The normalized spacial score (nSPS) is 11.9. The van der Waals surface area contributed by atoms with Crippen molar-refractivity contribution in [3.8, 4) is 22.7 Å². The standard InChI is InChI=1S/C23H17F3N6O2/c1-31-11-15-8-13(2-5-18(15)30-31)17-9-14-3-7-20(34-12-23(24,25)26)29-21(14)32(22(17)33)16-4-6-19(27)28-10-16/h2-11H,12H2,1H3,(H2,27,28). The average Bonchev–Trinajstić information content (AvgIpc) is 3.17. The van der Waals surface area contributed by atoms with Gasteiger partial charge in [-0.15, -0.1) is 0 Å². The summed E-state index contributed by atoms with van der Waals surface area (Å²) >= 11 is 0. The predicted octanol–water partition coefficient (Wildman–Crippen LogP) is 3.86. The highest BCUT2D eigenvalue weighted by Crippen LogP contribution is 2.27. The minimum Gasteiger partial charge on any atom is -0.468 e. The molecule has 11 heteroatoms. The molecule has 0 aliphatic carbocycles. The van der Waals surface area contributed by atoms with Gasteiger partial charge in [0.05, 0.1) is 17.4 Å². The first kappa shape index (κ1) is 21.4. The number of aromatic nitrogens is 5. The van der Waals surface area contributed by atoms with E-state index in [1.165, 1.54) is 22.9 Å². The maximum atomic E-state index is 13.7. The van der Waals surface area contributed by atoms with Gasteiger partial charge in [0.2, 0.25) is 5.88 Å². The molecule has 0 saturated heterocycles. The fraction of sp³-hybridized carbons (Fsp3) is 0.130. The summed E-state index contributed by atoms with van der Waals surface area (Å²) in [4.78, 5) is 21.9. The molecule has 0 spiro atoms. The molecular weight excluding hydrogens is 449 g/mol. The van der Waals surface area contributed by atoms with E-state index in [1.54, 1.807) is 36.0 Å². The Balaban J connectivity index is 1.73. The lowest BCUT2D eigenvalue weighted by Crippen LogP contribution is -2.22. The third-order valence-electron chi connectivity index (χ3n) is 5.17. The molecule has 0 amide bonds. The number of nitrogens with zero attached hydrogens (tertiary/aromatic N) is 5. The van der Waals surface area contributed by atoms with Crippen LogP contribution in [0, 0.1) is 0 Å². The van der Waals surface area contributed by atoms with E-state index in [9.17, 15) is 18.0 Å². The first-order valence-corrected chi connectivity index (χ1v) is 10.1. The Kier molecular flexibility index (Phi) is 4.96. The van der Waals surface area contributed by atoms with Crippen molar-refractivity contribution in [2.24, 2.45) is 7.05 Å². The Bertz CT molecular complexity index is 1590. The Morgan fingerprint density at radius 2 is 1.88 bits per heavy atom. The molecule has 0 aliphatic rings. The number of pyridine rings is 3. The molecule has 0 bridgehead atoms. The number of rotatable bonds is 4. The molecule has 4 heterocycles. The molecule has 172 valence electrons. The van der Waals surface area contributed by atoms with Gasteiger partial charge in [-0.3, -0.25) is 14.0 Å². The van der Waals surface area contributed by atoms with Gasteiger partial charge in [-0.05, 0) is 42.0 Å². The first-order valence-electron chi connectivity index (χ1n) is 10.1. The van der Waals surface area contributed by atoms with Crippen molar-refractivity contribution < 1.29 is 17.9 Å². The minimum atomic E-state index is -4.52. The number of anilines is 1. The summed E-state index contributed by atoms with van der Waals surface area (Å²) in [6.07, 6.45) is -1.28. The van der Waals surface area contributed by atoms with E-state index in [0.29, 0.717) is 22.2 Å². The van der Waals surface area contributed by atoms with Crippen molar-refractivity contribution in [3.05, 3.63) is 71.3 Å². The van der Waals surface area contributed by atoms with E-state index in [4.69, 9.17) is 10.5 Å². The quantitative estimate of drug-likeness (QED) is 0.432. The number of nitrogens with two attached hydrogens (primary N) is 1. The summed E-state index contributed by atoms with van der Waals surface area (Å²) in [6.45, 7) is -1.50. The molecule has 1 aromatic carbocycles. The summed E-state index contributed by atoms with van der Waals surface area (Å²) < 4.78 is 45.6. The first-order chi connectivity index (χ1) is 16.2. The highest BCUT2D eigenvalue weighted by Gasteiger charge is 2.28. The van der Waals surface area contributed by atoms with Gasteiger partial charge in [0, 0.05) is 35.6 Å². The monoisotopic (exact) mass is 466 g/mol. The molecule has 0 saturated carbocycles. The zero-order valence-electron chi connectivity index (χ0n) is 17.7. The summed E-state index contributed by atoms with van der Waals surface area (Å²) in [5.41, 5.74) is 7.55. The molecule has 0 aliphatic heterocycles. The number of aryl methyl sites for hydroxylation is 1. The number of fused-ring (bicyclic) bond motifs is 2. The molecule has 2 N–H and O–H groups in total. The van der Waals surface area contributed by atoms with Gasteiger partial charge in [0.1, 0.15) is 5.82 Å². The van der Waals surface area contributed by atoms with E-state index in [2.05, 4.69) is 15.1 Å². The van der Waals surface area contributed by atoms with Gasteiger partial charge < -0.3 is 10.5 Å². The molecule has 5 rings (SSSR count). The highest BCUT2D eigenvalue weighted by molar-refractivity contribution is 5.88. The van der Waals surface area contributed by atoms with Crippen LogP contribution in [0.5, 0.6) is 5.88 Å². The number of benzene rings is 1. The molecule has 0 radical (unpaired) electrons. The fourth-order valence-electron chi connectivity index (χ4n) is 3.70. The maximum absolute atomic E-state index is 13.7. The Hall–Kier alpha value is -4.41. The van der Waals surface area contributed by atoms with Crippen LogP contribution < -0.4 is 16.0 Å². The number of alkyl halides is 3. The summed E-state index contributed by atoms with van der Waals surface area (Å²) in [5, 5.41) is 5.73. The maximum Gasteiger partial charge on any atom is 0.422 e. The summed E-state index contributed by atoms with van der Waals surface area (Å²) in [5.74, 6) is -0.00708. The Morgan fingerprint density at radius 1 is 1.06 bits per heavy atom. The van der Waals surface area contributed by atoms with Gasteiger partial charge in [-0.2, -0.15) is 23.3 Å². The van der Waals surface area contributed by atoms with E-state index in [0.717, 1.165) is 10.9 Å². The van der Waals surface area contributed by atoms with Crippen molar-refractivity contribution in [1.82, 2.24) is 24.3 Å². The molecule has 4 aromatic heterocycles. The molecule has 0 fully saturated rings. The van der Waals surface area contributed by atoms with Gasteiger partial charge in [-0.1, -0.05) is 6.07 Å². The van der Waals surface area contributed by atoms with Crippen molar-refractivity contribution in [2.45, 2.75) is 6.18 Å². The van der Waals surface area contributed by atoms with Crippen molar-refractivity contribution in [1.29, 1.82) is 0 Å². The lowest BCUT2D eigenvalue weighted by atomic mass is 10.0. The lowest BCUT2D eigenvalue weighted by Gasteiger charge is -2.14.